The van der Waals surface area contributed by atoms with Crippen molar-refractivity contribution in [3.05, 3.63) is 30.3 Å². The van der Waals surface area contributed by atoms with E-state index in [2.05, 4.69) is 0 Å². The van der Waals surface area contributed by atoms with Gasteiger partial charge in [-0.1, -0.05) is 18.2 Å². The molecule has 0 fully saturated rings. The lowest BCUT2D eigenvalue weighted by Crippen LogP contribution is -1.99. The summed E-state index contributed by atoms with van der Waals surface area (Å²) in [5.74, 6) is 0. The van der Waals surface area contributed by atoms with Gasteiger partial charge in [0.1, 0.15) is 0 Å². The van der Waals surface area contributed by atoms with E-state index in [1.807, 2.05) is 30.3 Å². The molecule has 2 nitrogen and oxygen atoms in total. The molecule has 0 saturated heterocycles. The minimum atomic E-state index is -0.362. The van der Waals surface area contributed by atoms with Crippen LogP contribution in [0.5, 0.6) is 0 Å². The van der Waals surface area contributed by atoms with Crippen LogP contribution in [0.2, 0.25) is 0 Å². The first-order chi connectivity index (χ1) is 5.29. The van der Waals surface area contributed by atoms with Crippen molar-refractivity contribution in [1.82, 2.24) is 0 Å². The van der Waals surface area contributed by atoms with Crippen molar-refractivity contribution >= 4 is 26.8 Å². The molecule has 0 aromatic heterocycles. The number of hydrogen-bond donors (Lipinski definition) is 1. The van der Waals surface area contributed by atoms with Gasteiger partial charge in [0, 0.05) is 15.7 Å². The van der Waals surface area contributed by atoms with Crippen molar-refractivity contribution in [2.45, 2.75) is 4.90 Å². The van der Waals surface area contributed by atoms with Gasteiger partial charge in [-0.2, -0.15) is 0 Å². The zero-order chi connectivity index (χ0) is 8.10. The minimum Gasteiger partial charge on any atom is -0.360 e. The van der Waals surface area contributed by atoms with Crippen molar-refractivity contribution < 1.29 is 4.79 Å². The third-order valence-corrected chi connectivity index (χ3v) is 3.00. The first-order valence-corrected chi connectivity index (χ1v) is 5.13. The van der Waals surface area contributed by atoms with Crippen LogP contribution in [0.15, 0.2) is 35.2 Å². The number of carbonyl (C=O) groups is 1. The van der Waals surface area contributed by atoms with E-state index in [4.69, 9.17) is 5.73 Å². The van der Waals surface area contributed by atoms with E-state index in [1.54, 1.807) is 0 Å². The van der Waals surface area contributed by atoms with Crippen LogP contribution < -0.4 is 5.73 Å². The molecule has 0 aliphatic rings. The van der Waals surface area contributed by atoms with Gasteiger partial charge in [-0.25, -0.2) is 0 Å². The summed E-state index contributed by atoms with van der Waals surface area (Å²) in [6.45, 7) is 0. The van der Waals surface area contributed by atoms with Crippen LogP contribution in [0.25, 0.3) is 0 Å². The maximum atomic E-state index is 10.3. The molecule has 58 valence electrons. The molecule has 0 heterocycles. The molecular weight excluding hydrogens is 178 g/mol. The zero-order valence-corrected chi connectivity index (χ0v) is 7.32. The fourth-order valence-corrected chi connectivity index (χ4v) is 1.88. The number of benzene rings is 1. The molecule has 1 aromatic rings. The average molecular weight is 185 g/mol. The number of primary amides is 1. The quantitative estimate of drug-likeness (QED) is 0.720. The number of carbonyl (C=O) groups excluding carboxylic acids is 1. The smallest absolute Gasteiger partial charge is 0.287 e. The van der Waals surface area contributed by atoms with Gasteiger partial charge in [-0.05, 0) is 22.9 Å². The molecule has 0 aliphatic heterocycles. The Morgan fingerprint density at radius 3 is 2.45 bits per heavy atom. The molecule has 1 amide bonds. The van der Waals surface area contributed by atoms with Crippen LogP contribution in [0.1, 0.15) is 0 Å². The summed E-state index contributed by atoms with van der Waals surface area (Å²) in [6, 6.07) is 9.63. The van der Waals surface area contributed by atoms with E-state index < -0.39 is 0 Å². The Balaban J connectivity index is 2.45. The molecule has 4 heteroatoms. The highest BCUT2D eigenvalue weighted by Gasteiger charge is 1.96. The molecule has 11 heavy (non-hydrogen) atoms. The molecule has 1 rings (SSSR count). The van der Waals surface area contributed by atoms with Crippen LogP contribution in [0.3, 0.4) is 0 Å². The Kier molecular flexibility index (Phi) is 3.32. The van der Waals surface area contributed by atoms with Crippen LogP contribution in [0.4, 0.5) is 4.79 Å². The van der Waals surface area contributed by atoms with Crippen molar-refractivity contribution in [2.24, 2.45) is 5.73 Å². The Hall–Kier alpha value is -0.610. The Labute approximate surface area is 72.9 Å². The molecule has 0 saturated carbocycles. The lowest BCUT2D eigenvalue weighted by Gasteiger charge is -1.94. The van der Waals surface area contributed by atoms with E-state index in [0.717, 1.165) is 15.7 Å². The summed E-state index contributed by atoms with van der Waals surface area (Å²) >= 11 is 0. The molecular formula is C7H7NOS2. The molecule has 0 aliphatic carbocycles. The number of amides is 1. The molecule has 2 N–H and O–H groups in total. The first-order valence-electron chi connectivity index (χ1n) is 2.98. The standard InChI is InChI=1S/C7H7NOS2/c8-7(9)11-10-6-4-2-1-3-5-6/h1-5H,(H2,8,9). The van der Waals surface area contributed by atoms with E-state index in [9.17, 15) is 4.79 Å². The second-order valence-corrected chi connectivity index (χ2v) is 4.01. The third kappa shape index (κ3) is 3.34. The summed E-state index contributed by atoms with van der Waals surface area (Å²) in [5.41, 5.74) is 4.94. The Bertz CT molecular complexity index is 237. The second kappa shape index (κ2) is 4.31. The molecule has 1 aromatic carbocycles. The summed E-state index contributed by atoms with van der Waals surface area (Å²) in [6.07, 6.45) is 0. The van der Waals surface area contributed by atoms with Gasteiger partial charge < -0.3 is 5.73 Å². The van der Waals surface area contributed by atoms with Crippen LogP contribution in [0, 0.1) is 0 Å². The fourth-order valence-electron chi connectivity index (χ4n) is 0.565. The van der Waals surface area contributed by atoms with E-state index in [1.165, 1.54) is 10.8 Å². The number of nitrogens with two attached hydrogens (primary N) is 1. The van der Waals surface area contributed by atoms with Gasteiger partial charge in [-0.3, -0.25) is 4.79 Å². The maximum absolute atomic E-state index is 10.3. The molecule has 0 spiro atoms. The third-order valence-electron chi connectivity index (χ3n) is 0.963. The Morgan fingerprint density at radius 2 is 1.91 bits per heavy atom. The summed E-state index contributed by atoms with van der Waals surface area (Å²) in [4.78, 5) is 11.4. The SMILES string of the molecule is NC(=O)SSc1ccccc1. The summed E-state index contributed by atoms with van der Waals surface area (Å²) in [5, 5.41) is -0.362. The average Bonchev–Trinajstić information content (AvgIpc) is 2.03. The van der Waals surface area contributed by atoms with E-state index in [0.29, 0.717) is 0 Å². The topological polar surface area (TPSA) is 43.1 Å². The number of hydrogen-bond acceptors (Lipinski definition) is 3. The maximum Gasteiger partial charge on any atom is 0.287 e. The van der Waals surface area contributed by atoms with Crippen LogP contribution >= 0.6 is 21.6 Å². The molecule has 0 radical (unpaired) electrons. The lowest BCUT2D eigenvalue weighted by molar-refractivity contribution is 0.267. The monoisotopic (exact) mass is 185 g/mol. The van der Waals surface area contributed by atoms with Crippen LogP contribution in [-0.4, -0.2) is 5.24 Å². The number of rotatable bonds is 2. The highest BCUT2D eigenvalue weighted by atomic mass is 33.1. The molecule has 0 unspecified atom stereocenters. The van der Waals surface area contributed by atoms with Crippen molar-refractivity contribution in [3.63, 3.8) is 0 Å². The molecule has 0 bridgehead atoms. The summed E-state index contributed by atoms with van der Waals surface area (Å²) < 4.78 is 0. The van der Waals surface area contributed by atoms with Crippen LogP contribution in [-0.2, 0) is 0 Å². The Morgan fingerprint density at radius 1 is 1.27 bits per heavy atom. The largest absolute Gasteiger partial charge is 0.360 e. The zero-order valence-electron chi connectivity index (χ0n) is 5.69. The van der Waals surface area contributed by atoms with E-state index >= 15 is 0 Å². The van der Waals surface area contributed by atoms with Crippen molar-refractivity contribution in [2.75, 3.05) is 0 Å². The van der Waals surface area contributed by atoms with Crippen molar-refractivity contribution in [1.29, 1.82) is 0 Å². The van der Waals surface area contributed by atoms with Gasteiger partial charge in [0.15, 0.2) is 0 Å². The molecule has 0 atom stereocenters. The van der Waals surface area contributed by atoms with Gasteiger partial charge in [0.05, 0.1) is 0 Å². The summed E-state index contributed by atoms with van der Waals surface area (Å²) in [7, 11) is 2.41. The lowest BCUT2D eigenvalue weighted by atomic mass is 10.4. The highest BCUT2D eigenvalue weighted by Crippen LogP contribution is 2.29. The van der Waals surface area contributed by atoms with Gasteiger partial charge >= 0.3 is 0 Å². The van der Waals surface area contributed by atoms with Gasteiger partial charge in [0.2, 0.25) is 0 Å². The van der Waals surface area contributed by atoms with E-state index in [-0.39, 0.29) is 5.24 Å². The van der Waals surface area contributed by atoms with Gasteiger partial charge in [-0.15, -0.1) is 0 Å². The normalized spacial score (nSPS) is 9.45. The predicted octanol–water partition coefficient (Wildman–Crippen LogP) is 2.51. The second-order valence-electron chi connectivity index (χ2n) is 1.80. The fraction of sp³-hybridized carbons (Fsp3) is 0. The first kappa shape index (κ1) is 8.49. The highest BCUT2D eigenvalue weighted by molar-refractivity contribution is 8.82. The minimum absolute atomic E-state index is 0.362. The van der Waals surface area contributed by atoms with Crippen molar-refractivity contribution in [3.8, 4) is 0 Å². The predicted molar refractivity (Wildman–Crippen MR) is 49.5 cm³/mol. The van der Waals surface area contributed by atoms with Gasteiger partial charge in [0.25, 0.3) is 5.24 Å².